The SMILES string of the molecule is CCC(C)(OC)c1nc(C)c(Br)c(=O)[nH]1. The van der Waals surface area contributed by atoms with Crippen molar-refractivity contribution in [2.75, 3.05) is 7.11 Å². The van der Waals surface area contributed by atoms with Crippen molar-refractivity contribution in [3.63, 3.8) is 0 Å². The normalized spacial score (nSPS) is 15.0. The molecule has 0 aromatic carbocycles. The van der Waals surface area contributed by atoms with Gasteiger partial charge in [0.25, 0.3) is 5.56 Å². The molecule has 1 unspecified atom stereocenters. The monoisotopic (exact) mass is 274 g/mol. The summed E-state index contributed by atoms with van der Waals surface area (Å²) in [6.45, 7) is 5.67. The van der Waals surface area contributed by atoms with E-state index in [1.54, 1.807) is 14.0 Å². The van der Waals surface area contributed by atoms with Crippen molar-refractivity contribution in [2.24, 2.45) is 0 Å². The average Bonchev–Trinajstić information content (AvgIpc) is 2.24. The molecule has 15 heavy (non-hydrogen) atoms. The van der Waals surface area contributed by atoms with Crippen LogP contribution in [-0.2, 0) is 10.3 Å². The lowest BCUT2D eigenvalue weighted by Crippen LogP contribution is -2.30. The zero-order valence-electron chi connectivity index (χ0n) is 9.35. The maximum absolute atomic E-state index is 11.5. The first kappa shape index (κ1) is 12.4. The van der Waals surface area contributed by atoms with E-state index >= 15 is 0 Å². The van der Waals surface area contributed by atoms with Crippen LogP contribution in [0.5, 0.6) is 0 Å². The predicted octanol–water partition coefficient (Wildman–Crippen LogP) is 2.11. The lowest BCUT2D eigenvalue weighted by Gasteiger charge is -2.25. The summed E-state index contributed by atoms with van der Waals surface area (Å²) >= 11 is 3.18. The van der Waals surface area contributed by atoms with E-state index in [2.05, 4.69) is 25.9 Å². The molecule has 1 heterocycles. The summed E-state index contributed by atoms with van der Waals surface area (Å²) in [5.74, 6) is 0.568. The first-order valence-corrected chi connectivity index (χ1v) is 5.56. The van der Waals surface area contributed by atoms with E-state index in [1.807, 2.05) is 13.8 Å². The van der Waals surface area contributed by atoms with Crippen LogP contribution in [0.25, 0.3) is 0 Å². The molecule has 1 N–H and O–H groups in total. The van der Waals surface area contributed by atoms with Gasteiger partial charge in [0, 0.05) is 7.11 Å². The lowest BCUT2D eigenvalue weighted by atomic mass is 10.0. The summed E-state index contributed by atoms with van der Waals surface area (Å²) < 4.78 is 5.85. The van der Waals surface area contributed by atoms with Crippen molar-refractivity contribution in [1.29, 1.82) is 0 Å². The van der Waals surface area contributed by atoms with Gasteiger partial charge in [-0.3, -0.25) is 4.79 Å². The van der Waals surface area contributed by atoms with E-state index in [9.17, 15) is 4.79 Å². The van der Waals surface area contributed by atoms with Crippen molar-refractivity contribution in [1.82, 2.24) is 9.97 Å². The average molecular weight is 275 g/mol. The number of aromatic nitrogens is 2. The summed E-state index contributed by atoms with van der Waals surface area (Å²) in [6.07, 6.45) is 0.744. The topological polar surface area (TPSA) is 55.0 Å². The van der Waals surface area contributed by atoms with Gasteiger partial charge in [-0.1, -0.05) is 6.92 Å². The van der Waals surface area contributed by atoms with Gasteiger partial charge in [0.1, 0.15) is 15.9 Å². The molecule has 0 radical (unpaired) electrons. The summed E-state index contributed by atoms with van der Waals surface area (Å²) in [5.41, 5.74) is -0.0374. The molecule has 1 aromatic heterocycles. The predicted molar refractivity (Wildman–Crippen MR) is 61.9 cm³/mol. The van der Waals surface area contributed by atoms with Crippen molar-refractivity contribution in [3.05, 3.63) is 26.3 Å². The second kappa shape index (κ2) is 4.45. The molecule has 4 nitrogen and oxygen atoms in total. The highest BCUT2D eigenvalue weighted by molar-refractivity contribution is 9.10. The number of halogens is 1. The lowest BCUT2D eigenvalue weighted by molar-refractivity contribution is -0.00934. The Morgan fingerprint density at radius 3 is 2.60 bits per heavy atom. The van der Waals surface area contributed by atoms with E-state index in [-0.39, 0.29) is 5.56 Å². The third-order valence-electron chi connectivity index (χ3n) is 2.65. The number of aryl methyl sites for hydroxylation is 1. The van der Waals surface area contributed by atoms with Crippen LogP contribution in [0.4, 0.5) is 0 Å². The highest BCUT2D eigenvalue weighted by Crippen LogP contribution is 2.25. The Bertz CT molecular complexity index is 410. The van der Waals surface area contributed by atoms with Gasteiger partial charge in [-0.15, -0.1) is 0 Å². The molecule has 0 aliphatic heterocycles. The second-order valence-corrected chi connectivity index (χ2v) is 4.40. The fourth-order valence-corrected chi connectivity index (χ4v) is 1.42. The van der Waals surface area contributed by atoms with Crippen LogP contribution in [0.2, 0.25) is 0 Å². The van der Waals surface area contributed by atoms with Gasteiger partial charge in [0.15, 0.2) is 0 Å². The molecule has 0 aliphatic rings. The Morgan fingerprint density at radius 2 is 2.20 bits per heavy atom. The molecule has 0 amide bonds. The Kier molecular flexibility index (Phi) is 3.67. The first-order chi connectivity index (χ1) is 6.94. The number of nitrogens with zero attached hydrogens (tertiary/aromatic N) is 1. The van der Waals surface area contributed by atoms with E-state index in [0.717, 1.165) is 6.42 Å². The van der Waals surface area contributed by atoms with Crippen LogP contribution in [0.3, 0.4) is 0 Å². The first-order valence-electron chi connectivity index (χ1n) is 4.76. The van der Waals surface area contributed by atoms with Crippen LogP contribution in [0.1, 0.15) is 31.8 Å². The standard InChI is InChI=1S/C10H15BrN2O2/c1-5-10(3,15-4)9-12-6(2)7(11)8(14)13-9/h5H2,1-4H3,(H,12,13,14). The van der Waals surface area contributed by atoms with Crippen molar-refractivity contribution >= 4 is 15.9 Å². The Hall–Kier alpha value is -0.680. The molecule has 0 saturated heterocycles. The third-order valence-corrected chi connectivity index (χ3v) is 3.59. The van der Waals surface area contributed by atoms with E-state index < -0.39 is 5.60 Å². The minimum atomic E-state index is -0.537. The molecule has 0 bridgehead atoms. The minimum absolute atomic E-state index is 0.172. The quantitative estimate of drug-likeness (QED) is 0.919. The largest absolute Gasteiger partial charge is 0.371 e. The van der Waals surface area contributed by atoms with Crippen molar-refractivity contribution < 1.29 is 4.74 Å². The molecule has 0 saturated carbocycles. The Labute approximate surface area is 97.2 Å². The van der Waals surface area contributed by atoms with E-state index in [0.29, 0.717) is 16.0 Å². The number of rotatable bonds is 3. The van der Waals surface area contributed by atoms with Crippen LogP contribution < -0.4 is 5.56 Å². The Morgan fingerprint density at radius 1 is 1.60 bits per heavy atom. The van der Waals surface area contributed by atoms with Gasteiger partial charge in [-0.05, 0) is 36.2 Å². The fourth-order valence-electron chi connectivity index (χ4n) is 1.23. The molecular weight excluding hydrogens is 260 g/mol. The van der Waals surface area contributed by atoms with Gasteiger partial charge in [0.2, 0.25) is 0 Å². The summed E-state index contributed by atoms with van der Waals surface area (Å²) in [6, 6.07) is 0. The van der Waals surface area contributed by atoms with Crippen molar-refractivity contribution in [2.45, 2.75) is 32.8 Å². The molecule has 0 spiro atoms. The minimum Gasteiger partial charge on any atom is -0.371 e. The molecule has 5 heteroatoms. The van der Waals surface area contributed by atoms with Gasteiger partial charge >= 0.3 is 0 Å². The zero-order valence-corrected chi connectivity index (χ0v) is 10.9. The highest BCUT2D eigenvalue weighted by Gasteiger charge is 2.27. The summed E-state index contributed by atoms with van der Waals surface area (Å²) in [5, 5.41) is 0. The molecule has 0 fully saturated rings. The number of nitrogens with one attached hydrogen (secondary N) is 1. The maximum atomic E-state index is 11.5. The molecule has 1 rings (SSSR count). The third kappa shape index (κ3) is 2.29. The zero-order chi connectivity index (χ0) is 11.6. The van der Waals surface area contributed by atoms with Crippen molar-refractivity contribution in [3.8, 4) is 0 Å². The molecular formula is C10H15BrN2O2. The van der Waals surface area contributed by atoms with Crippen LogP contribution >= 0.6 is 15.9 Å². The van der Waals surface area contributed by atoms with Gasteiger partial charge in [-0.25, -0.2) is 4.98 Å². The number of H-pyrrole nitrogens is 1. The molecule has 1 atom stereocenters. The molecule has 84 valence electrons. The maximum Gasteiger partial charge on any atom is 0.265 e. The second-order valence-electron chi connectivity index (χ2n) is 3.60. The smallest absolute Gasteiger partial charge is 0.265 e. The van der Waals surface area contributed by atoms with E-state index in [4.69, 9.17) is 4.74 Å². The number of ether oxygens (including phenoxy) is 1. The fraction of sp³-hybridized carbons (Fsp3) is 0.600. The number of hydrogen-bond acceptors (Lipinski definition) is 3. The van der Waals surface area contributed by atoms with E-state index in [1.165, 1.54) is 0 Å². The highest BCUT2D eigenvalue weighted by atomic mass is 79.9. The number of aromatic amines is 1. The summed E-state index contributed by atoms with van der Waals surface area (Å²) in [4.78, 5) is 18.6. The van der Waals surface area contributed by atoms with Crippen LogP contribution in [0, 0.1) is 6.92 Å². The summed E-state index contributed by atoms with van der Waals surface area (Å²) in [7, 11) is 1.61. The number of methoxy groups -OCH3 is 1. The number of hydrogen-bond donors (Lipinski definition) is 1. The molecule has 0 aliphatic carbocycles. The van der Waals surface area contributed by atoms with Gasteiger partial charge in [0.05, 0.1) is 5.69 Å². The van der Waals surface area contributed by atoms with Crippen LogP contribution in [-0.4, -0.2) is 17.1 Å². The van der Waals surface area contributed by atoms with Gasteiger partial charge in [-0.2, -0.15) is 0 Å². The molecule has 1 aromatic rings. The Balaban J connectivity index is 3.33. The van der Waals surface area contributed by atoms with Gasteiger partial charge < -0.3 is 9.72 Å². The van der Waals surface area contributed by atoms with Crippen LogP contribution in [0.15, 0.2) is 9.27 Å².